The van der Waals surface area contributed by atoms with Crippen molar-refractivity contribution in [2.24, 2.45) is 0 Å². The van der Waals surface area contributed by atoms with Crippen LogP contribution in [0.25, 0.3) is 11.3 Å². The normalized spacial score (nSPS) is 11.6. The third kappa shape index (κ3) is 3.09. The fourth-order valence-corrected chi connectivity index (χ4v) is 2.53. The largest absolute Gasteiger partial charge is 0.368 e. The lowest BCUT2D eigenvalue weighted by molar-refractivity contribution is -0.0209. The van der Waals surface area contributed by atoms with Gasteiger partial charge in [0, 0.05) is 12.2 Å². The van der Waals surface area contributed by atoms with Crippen LogP contribution in [0.4, 0.5) is 0 Å². The van der Waals surface area contributed by atoms with Crippen molar-refractivity contribution in [3.05, 3.63) is 50.1 Å². The molecule has 0 radical (unpaired) electrons. The Labute approximate surface area is 131 Å². The number of hydrogen-bond donors (Lipinski definition) is 1. The monoisotopic (exact) mass is 384 g/mol. The highest BCUT2D eigenvalue weighted by atomic mass is 127. The van der Waals surface area contributed by atoms with Gasteiger partial charge in [-0.1, -0.05) is 30.3 Å². The molecular weight excluding hydrogens is 367 g/mol. The standard InChI is InChI=1S/C15H17IN2O2/c1-4-20-15(2,3)14-17-12(11(16)13(19)18-14)10-8-6-5-7-9-10/h5-9H,4H2,1-3H3,(H,17,18,19). The van der Waals surface area contributed by atoms with Gasteiger partial charge in [-0.05, 0) is 43.4 Å². The van der Waals surface area contributed by atoms with Crippen LogP contribution in [0.1, 0.15) is 26.6 Å². The molecule has 4 nitrogen and oxygen atoms in total. The Bertz CT molecular complexity index is 651. The zero-order valence-electron chi connectivity index (χ0n) is 11.7. The van der Waals surface area contributed by atoms with Crippen LogP contribution >= 0.6 is 22.6 Å². The van der Waals surface area contributed by atoms with Crippen LogP contribution in [0.15, 0.2) is 35.1 Å². The molecule has 1 N–H and O–H groups in total. The molecule has 20 heavy (non-hydrogen) atoms. The summed E-state index contributed by atoms with van der Waals surface area (Å²) in [6, 6.07) is 9.70. The Morgan fingerprint density at radius 2 is 1.95 bits per heavy atom. The van der Waals surface area contributed by atoms with Gasteiger partial charge in [0.15, 0.2) is 0 Å². The molecule has 0 saturated heterocycles. The lowest BCUT2D eigenvalue weighted by Gasteiger charge is -2.24. The van der Waals surface area contributed by atoms with Crippen molar-refractivity contribution in [3.63, 3.8) is 0 Å². The molecule has 0 amide bonds. The van der Waals surface area contributed by atoms with Gasteiger partial charge >= 0.3 is 0 Å². The van der Waals surface area contributed by atoms with Crippen LogP contribution in [0.3, 0.4) is 0 Å². The van der Waals surface area contributed by atoms with E-state index in [-0.39, 0.29) is 5.56 Å². The van der Waals surface area contributed by atoms with Crippen LogP contribution in [0, 0.1) is 3.57 Å². The fourth-order valence-electron chi connectivity index (χ4n) is 1.96. The molecule has 0 saturated carbocycles. The summed E-state index contributed by atoms with van der Waals surface area (Å²) in [6.07, 6.45) is 0. The number of aromatic amines is 1. The van der Waals surface area contributed by atoms with Gasteiger partial charge in [-0.2, -0.15) is 0 Å². The second-order valence-electron chi connectivity index (χ2n) is 4.89. The van der Waals surface area contributed by atoms with Gasteiger partial charge in [0.1, 0.15) is 15.0 Å². The third-order valence-electron chi connectivity index (χ3n) is 2.99. The molecule has 0 aliphatic rings. The van der Waals surface area contributed by atoms with Crippen molar-refractivity contribution >= 4 is 22.6 Å². The summed E-state index contributed by atoms with van der Waals surface area (Å²) in [5.41, 5.74) is 0.860. The smallest absolute Gasteiger partial charge is 0.265 e. The van der Waals surface area contributed by atoms with E-state index in [1.807, 2.05) is 73.7 Å². The lowest BCUT2D eigenvalue weighted by Crippen LogP contribution is -2.29. The maximum absolute atomic E-state index is 12.1. The fraction of sp³-hybridized carbons (Fsp3) is 0.333. The molecule has 1 aromatic heterocycles. The van der Waals surface area contributed by atoms with E-state index in [1.165, 1.54) is 0 Å². The average molecular weight is 384 g/mol. The van der Waals surface area contributed by atoms with Gasteiger partial charge in [0.05, 0.1) is 5.69 Å². The Morgan fingerprint density at radius 3 is 2.55 bits per heavy atom. The van der Waals surface area contributed by atoms with Crippen molar-refractivity contribution < 1.29 is 4.74 Å². The molecule has 0 fully saturated rings. The van der Waals surface area contributed by atoms with E-state index in [4.69, 9.17) is 4.74 Å². The Morgan fingerprint density at radius 1 is 1.30 bits per heavy atom. The van der Waals surface area contributed by atoms with Gasteiger partial charge in [-0.3, -0.25) is 4.79 Å². The van der Waals surface area contributed by atoms with Crippen LogP contribution in [0.5, 0.6) is 0 Å². The highest BCUT2D eigenvalue weighted by Crippen LogP contribution is 2.25. The molecule has 1 aromatic carbocycles. The number of hydrogen-bond acceptors (Lipinski definition) is 3. The minimum atomic E-state index is -0.623. The first-order valence-corrected chi connectivity index (χ1v) is 7.53. The predicted octanol–water partition coefficient (Wildman–Crippen LogP) is 3.31. The summed E-state index contributed by atoms with van der Waals surface area (Å²) in [5.74, 6) is 0.545. The van der Waals surface area contributed by atoms with Crippen molar-refractivity contribution in [2.45, 2.75) is 26.4 Å². The molecule has 1 heterocycles. The van der Waals surface area contributed by atoms with E-state index in [0.29, 0.717) is 21.7 Å². The van der Waals surface area contributed by atoms with Crippen LogP contribution in [0.2, 0.25) is 0 Å². The lowest BCUT2D eigenvalue weighted by atomic mass is 10.1. The topological polar surface area (TPSA) is 55.0 Å². The molecular formula is C15H17IN2O2. The van der Waals surface area contributed by atoms with Crippen molar-refractivity contribution in [3.8, 4) is 11.3 Å². The number of H-pyrrole nitrogens is 1. The quantitative estimate of drug-likeness (QED) is 0.823. The second kappa shape index (κ2) is 6.05. The molecule has 0 aliphatic carbocycles. The first-order chi connectivity index (χ1) is 9.45. The number of benzene rings is 1. The second-order valence-corrected chi connectivity index (χ2v) is 5.97. The molecule has 2 rings (SSSR count). The van der Waals surface area contributed by atoms with E-state index in [9.17, 15) is 4.79 Å². The zero-order valence-corrected chi connectivity index (χ0v) is 13.9. The number of aromatic nitrogens is 2. The summed E-state index contributed by atoms with van der Waals surface area (Å²) >= 11 is 2.03. The Kier molecular flexibility index (Phi) is 4.59. The average Bonchev–Trinajstić information content (AvgIpc) is 2.42. The highest BCUT2D eigenvalue weighted by Gasteiger charge is 2.25. The number of halogens is 1. The van der Waals surface area contributed by atoms with Crippen molar-refractivity contribution in [2.75, 3.05) is 6.61 Å². The van der Waals surface area contributed by atoms with E-state index in [2.05, 4.69) is 9.97 Å². The van der Waals surface area contributed by atoms with Gasteiger partial charge < -0.3 is 9.72 Å². The maximum Gasteiger partial charge on any atom is 0.265 e. The Balaban J connectivity index is 2.60. The van der Waals surface area contributed by atoms with E-state index >= 15 is 0 Å². The molecule has 0 bridgehead atoms. The SMILES string of the molecule is CCOC(C)(C)c1nc(-c2ccccc2)c(I)c(=O)[nH]1. The number of ether oxygens (including phenoxy) is 1. The summed E-state index contributed by atoms with van der Waals surface area (Å²) < 4.78 is 6.25. The maximum atomic E-state index is 12.1. The van der Waals surface area contributed by atoms with E-state index < -0.39 is 5.60 Å². The van der Waals surface area contributed by atoms with Gasteiger partial charge in [-0.25, -0.2) is 4.98 Å². The summed E-state index contributed by atoms with van der Waals surface area (Å²) in [4.78, 5) is 19.5. The minimum absolute atomic E-state index is 0.137. The predicted molar refractivity (Wildman–Crippen MR) is 87.7 cm³/mol. The van der Waals surface area contributed by atoms with Crippen LogP contribution < -0.4 is 5.56 Å². The first-order valence-electron chi connectivity index (χ1n) is 6.45. The number of nitrogens with one attached hydrogen (secondary N) is 1. The minimum Gasteiger partial charge on any atom is -0.368 e. The highest BCUT2D eigenvalue weighted by molar-refractivity contribution is 14.1. The van der Waals surface area contributed by atoms with Crippen molar-refractivity contribution in [1.82, 2.24) is 9.97 Å². The Hall–Kier alpha value is -1.21. The van der Waals surface area contributed by atoms with Crippen molar-refractivity contribution in [1.29, 1.82) is 0 Å². The van der Waals surface area contributed by atoms with Crippen LogP contribution in [-0.2, 0) is 10.3 Å². The number of nitrogens with zero attached hydrogens (tertiary/aromatic N) is 1. The van der Waals surface area contributed by atoms with Gasteiger partial charge in [0.2, 0.25) is 0 Å². The van der Waals surface area contributed by atoms with E-state index in [1.54, 1.807) is 0 Å². The molecule has 0 spiro atoms. The van der Waals surface area contributed by atoms with Crippen LogP contribution in [-0.4, -0.2) is 16.6 Å². The third-order valence-corrected chi connectivity index (χ3v) is 3.99. The molecule has 0 aliphatic heterocycles. The van der Waals surface area contributed by atoms with E-state index in [0.717, 1.165) is 5.56 Å². The molecule has 0 atom stereocenters. The molecule has 5 heteroatoms. The molecule has 2 aromatic rings. The first kappa shape index (κ1) is 15.2. The summed E-state index contributed by atoms with van der Waals surface area (Å²) in [7, 11) is 0. The molecule has 106 valence electrons. The van der Waals surface area contributed by atoms with Gasteiger partial charge in [0.25, 0.3) is 5.56 Å². The summed E-state index contributed by atoms with van der Waals surface area (Å²) in [5, 5.41) is 0. The zero-order chi connectivity index (χ0) is 14.8. The van der Waals surface area contributed by atoms with Gasteiger partial charge in [-0.15, -0.1) is 0 Å². The molecule has 0 unspecified atom stereocenters. The number of rotatable bonds is 4. The summed E-state index contributed by atoms with van der Waals surface area (Å²) in [6.45, 7) is 6.28.